The molecule has 0 aromatic heterocycles. The van der Waals surface area contributed by atoms with Crippen LogP contribution >= 0.6 is 0 Å². The summed E-state index contributed by atoms with van der Waals surface area (Å²) < 4.78 is 10.7. The molecule has 0 bridgehead atoms. The van der Waals surface area contributed by atoms with Crippen LogP contribution in [0.1, 0.15) is 26.2 Å². The Morgan fingerprint density at radius 1 is 1.33 bits per heavy atom. The molecule has 1 aliphatic carbocycles. The molecule has 24 heavy (non-hydrogen) atoms. The topological polar surface area (TPSA) is 75.1 Å². The van der Waals surface area contributed by atoms with Gasteiger partial charge in [-0.05, 0) is 31.9 Å². The lowest BCUT2D eigenvalue weighted by molar-refractivity contribution is 0.172. The van der Waals surface area contributed by atoms with Crippen LogP contribution in [-0.4, -0.2) is 51.1 Å². The monoisotopic (exact) mass is 335 g/mol. The first-order valence-electron chi connectivity index (χ1n) is 8.59. The third-order valence-electron chi connectivity index (χ3n) is 4.07. The standard InChI is InChI=1S/C18H29N3O3/c1-3-19-17(20-13-18(14-22)8-9-18)21-15-6-4-7-16(12-15)24-11-5-10-23-2/h4,6-7,12,22H,3,5,8-11,13-14H2,1-2H3,(H2,19,20,21). The third kappa shape index (κ3) is 6.02. The van der Waals surface area contributed by atoms with Crippen molar-refractivity contribution in [2.24, 2.45) is 10.4 Å². The van der Waals surface area contributed by atoms with Crippen molar-refractivity contribution in [3.8, 4) is 5.75 Å². The number of hydrogen-bond donors (Lipinski definition) is 3. The Morgan fingerprint density at radius 3 is 2.83 bits per heavy atom. The summed E-state index contributed by atoms with van der Waals surface area (Å²) in [5.41, 5.74) is 0.932. The van der Waals surface area contributed by atoms with E-state index in [9.17, 15) is 5.11 Å². The van der Waals surface area contributed by atoms with E-state index in [-0.39, 0.29) is 12.0 Å². The molecule has 0 saturated heterocycles. The minimum absolute atomic E-state index is 0.00859. The summed E-state index contributed by atoms with van der Waals surface area (Å²) in [6, 6.07) is 7.83. The van der Waals surface area contributed by atoms with E-state index < -0.39 is 0 Å². The number of anilines is 1. The number of nitrogens with one attached hydrogen (secondary N) is 2. The number of aliphatic imine (C=N–C) groups is 1. The smallest absolute Gasteiger partial charge is 0.195 e. The molecule has 1 aliphatic rings. The van der Waals surface area contributed by atoms with Crippen molar-refractivity contribution in [2.75, 3.05) is 45.3 Å². The Labute approximate surface area is 144 Å². The number of hydrogen-bond acceptors (Lipinski definition) is 4. The van der Waals surface area contributed by atoms with Gasteiger partial charge in [-0.15, -0.1) is 0 Å². The first-order chi connectivity index (χ1) is 11.7. The molecule has 1 saturated carbocycles. The predicted molar refractivity (Wildman–Crippen MR) is 96.8 cm³/mol. The minimum Gasteiger partial charge on any atom is -0.493 e. The molecule has 0 atom stereocenters. The van der Waals surface area contributed by atoms with E-state index in [1.54, 1.807) is 7.11 Å². The highest BCUT2D eigenvalue weighted by Crippen LogP contribution is 2.45. The van der Waals surface area contributed by atoms with E-state index in [0.29, 0.717) is 19.8 Å². The van der Waals surface area contributed by atoms with Crippen LogP contribution in [0.2, 0.25) is 0 Å². The molecule has 2 rings (SSSR count). The van der Waals surface area contributed by atoms with Gasteiger partial charge in [-0.3, -0.25) is 4.99 Å². The molecular weight excluding hydrogens is 306 g/mol. The number of rotatable bonds is 10. The maximum absolute atomic E-state index is 9.41. The van der Waals surface area contributed by atoms with Gasteiger partial charge in [0.15, 0.2) is 5.96 Å². The van der Waals surface area contributed by atoms with Crippen LogP contribution in [0.3, 0.4) is 0 Å². The van der Waals surface area contributed by atoms with Crippen molar-refractivity contribution in [1.82, 2.24) is 5.32 Å². The van der Waals surface area contributed by atoms with Crippen LogP contribution in [0.15, 0.2) is 29.3 Å². The summed E-state index contributed by atoms with van der Waals surface area (Å²) in [7, 11) is 1.69. The number of guanidine groups is 1. The Bertz CT molecular complexity index is 530. The molecule has 3 N–H and O–H groups in total. The van der Waals surface area contributed by atoms with E-state index in [4.69, 9.17) is 9.47 Å². The number of nitrogens with zero attached hydrogens (tertiary/aromatic N) is 1. The van der Waals surface area contributed by atoms with Crippen LogP contribution in [0.5, 0.6) is 5.75 Å². The van der Waals surface area contributed by atoms with E-state index in [2.05, 4.69) is 15.6 Å². The molecule has 6 nitrogen and oxygen atoms in total. The average molecular weight is 335 g/mol. The summed E-state index contributed by atoms with van der Waals surface area (Å²) >= 11 is 0. The van der Waals surface area contributed by atoms with Crippen molar-refractivity contribution in [1.29, 1.82) is 0 Å². The SMILES string of the molecule is CCNC(=NCC1(CO)CC1)Nc1cccc(OCCCOC)c1. The predicted octanol–water partition coefficient (Wildman–Crippen LogP) is 2.25. The molecule has 0 spiro atoms. The maximum Gasteiger partial charge on any atom is 0.195 e. The second kappa shape index (κ2) is 9.49. The van der Waals surface area contributed by atoms with E-state index in [1.807, 2.05) is 31.2 Å². The highest BCUT2D eigenvalue weighted by Gasteiger charge is 2.41. The zero-order valence-corrected chi connectivity index (χ0v) is 14.7. The van der Waals surface area contributed by atoms with Crippen molar-refractivity contribution in [3.63, 3.8) is 0 Å². The van der Waals surface area contributed by atoms with Gasteiger partial charge in [-0.2, -0.15) is 0 Å². The summed E-state index contributed by atoms with van der Waals surface area (Å²) in [6.07, 6.45) is 2.97. The Hall–Kier alpha value is -1.79. The second-order valence-electron chi connectivity index (χ2n) is 6.20. The van der Waals surface area contributed by atoms with E-state index in [1.165, 1.54) is 0 Å². The number of methoxy groups -OCH3 is 1. The first-order valence-corrected chi connectivity index (χ1v) is 8.59. The fraction of sp³-hybridized carbons (Fsp3) is 0.611. The zero-order valence-electron chi connectivity index (χ0n) is 14.7. The van der Waals surface area contributed by atoms with E-state index in [0.717, 1.165) is 43.2 Å². The second-order valence-corrected chi connectivity index (χ2v) is 6.20. The number of ether oxygens (including phenoxy) is 2. The Balaban J connectivity index is 1.92. The van der Waals surface area contributed by atoms with Crippen molar-refractivity contribution in [2.45, 2.75) is 26.2 Å². The molecule has 1 fully saturated rings. The van der Waals surface area contributed by atoms with Gasteiger partial charge in [0.05, 0.1) is 19.8 Å². The highest BCUT2D eigenvalue weighted by molar-refractivity contribution is 5.93. The van der Waals surface area contributed by atoms with Gasteiger partial charge >= 0.3 is 0 Å². The average Bonchev–Trinajstić information content (AvgIpc) is 3.38. The molecule has 0 unspecified atom stereocenters. The molecule has 0 radical (unpaired) electrons. The minimum atomic E-state index is 0.00859. The van der Waals surface area contributed by atoms with Crippen molar-refractivity contribution in [3.05, 3.63) is 24.3 Å². The normalized spacial score (nSPS) is 15.9. The van der Waals surface area contributed by atoms with Crippen molar-refractivity contribution >= 4 is 11.6 Å². The molecule has 0 aliphatic heterocycles. The van der Waals surface area contributed by atoms with Gasteiger partial charge in [-0.25, -0.2) is 0 Å². The van der Waals surface area contributed by atoms with Gasteiger partial charge in [-0.1, -0.05) is 6.07 Å². The summed E-state index contributed by atoms with van der Waals surface area (Å²) in [4.78, 5) is 4.61. The molecule has 134 valence electrons. The largest absolute Gasteiger partial charge is 0.493 e. The van der Waals surface area contributed by atoms with Gasteiger partial charge in [0.1, 0.15) is 5.75 Å². The van der Waals surface area contributed by atoms with Crippen molar-refractivity contribution < 1.29 is 14.6 Å². The Kier molecular flexibility index (Phi) is 7.34. The lowest BCUT2D eigenvalue weighted by atomic mass is 10.1. The van der Waals surface area contributed by atoms with Crippen LogP contribution < -0.4 is 15.4 Å². The van der Waals surface area contributed by atoms with Crippen LogP contribution in [-0.2, 0) is 4.74 Å². The lowest BCUT2D eigenvalue weighted by Crippen LogP contribution is -2.31. The molecule has 1 aromatic rings. The van der Waals surface area contributed by atoms with E-state index >= 15 is 0 Å². The lowest BCUT2D eigenvalue weighted by Gasteiger charge is -2.14. The Morgan fingerprint density at radius 2 is 2.17 bits per heavy atom. The molecular formula is C18H29N3O3. The van der Waals surface area contributed by atoms with Gasteiger partial charge in [0.2, 0.25) is 0 Å². The number of aliphatic hydroxyl groups is 1. The quantitative estimate of drug-likeness (QED) is 0.347. The first kappa shape index (κ1) is 18.5. The number of aliphatic hydroxyl groups excluding tert-OH is 1. The molecule has 6 heteroatoms. The molecule has 0 amide bonds. The summed E-state index contributed by atoms with van der Waals surface area (Å²) in [5.74, 6) is 1.55. The number of benzene rings is 1. The van der Waals surface area contributed by atoms with Gasteiger partial charge < -0.3 is 25.2 Å². The van der Waals surface area contributed by atoms with Crippen LogP contribution in [0.4, 0.5) is 5.69 Å². The fourth-order valence-corrected chi connectivity index (χ4v) is 2.29. The molecule has 1 aromatic carbocycles. The molecule has 0 heterocycles. The van der Waals surface area contributed by atoms with Crippen LogP contribution in [0, 0.1) is 5.41 Å². The van der Waals surface area contributed by atoms with Gasteiger partial charge in [0.25, 0.3) is 0 Å². The maximum atomic E-state index is 9.41. The fourth-order valence-electron chi connectivity index (χ4n) is 2.29. The highest BCUT2D eigenvalue weighted by atomic mass is 16.5. The third-order valence-corrected chi connectivity index (χ3v) is 4.07. The summed E-state index contributed by atoms with van der Waals surface area (Å²) in [5, 5.41) is 15.9. The van der Waals surface area contributed by atoms with Crippen LogP contribution in [0.25, 0.3) is 0 Å². The summed E-state index contributed by atoms with van der Waals surface area (Å²) in [6.45, 7) is 5.00. The van der Waals surface area contributed by atoms with Gasteiger partial charge in [0, 0.05) is 43.9 Å². The zero-order chi connectivity index (χ0) is 17.3.